The van der Waals surface area contributed by atoms with Crippen LogP contribution in [0.2, 0.25) is 0 Å². The number of ketones is 1. The molecule has 4 rings (SSSR count). The number of hydrogen-bond acceptors (Lipinski definition) is 2. The Morgan fingerprint density at radius 1 is 1.10 bits per heavy atom. The van der Waals surface area contributed by atoms with E-state index < -0.39 is 5.60 Å². The molecule has 0 amide bonds. The van der Waals surface area contributed by atoms with Gasteiger partial charge in [0.2, 0.25) is 0 Å². The van der Waals surface area contributed by atoms with E-state index in [-0.39, 0.29) is 0 Å². The van der Waals surface area contributed by atoms with Crippen LogP contribution >= 0.6 is 0 Å². The lowest BCUT2D eigenvalue weighted by molar-refractivity contribution is -0.117. The van der Waals surface area contributed by atoms with Crippen molar-refractivity contribution in [2.45, 2.75) is 111 Å². The van der Waals surface area contributed by atoms with Crippen LogP contribution in [0.15, 0.2) is 11.6 Å². The van der Waals surface area contributed by atoms with Gasteiger partial charge in [-0.15, -0.1) is 0 Å². The molecule has 0 aromatic rings. The molecule has 4 aliphatic carbocycles. The number of rotatable bonds is 5. The summed E-state index contributed by atoms with van der Waals surface area (Å²) in [5.41, 5.74) is 1.78. The summed E-state index contributed by atoms with van der Waals surface area (Å²) in [6.45, 7) is 11.5. The second-order valence-corrected chi connectivity index (χ2v) is 12.4. The Labute approximate surface area is 178 Å². The molecule has 164 valence electrons. The summed E-state index contributed by atoms with van der Waals surface area (Å²) >= 11 is 0. The van der Waals surface area contributed by atoms with Crippen LogP contribution in [0.3, 0.4) is 0 Å². The van der Waals surface area contributed by atoms with Crippen LogP contribution in [0, 0.1) is 40.4 Å². The van der Waals surface area contributed by atoms with Crippen molar-refractivity contribution in [3.63, 3.8) is 0 Å². The first-order valence-corrected chi connectivity index (χ1v) is 12.5. The van der Waals surface area contributed by atoms with Gasteiger partial charge < -0.3 is 5.11 Å². The van der Waals surface area contributed by atoms with Gasteiger partial charge in [-0.3, -0.25) is 4.79 Å². The van der Waals surface area contributed by atoms with Crippen molar-refractivity contribution in [1.82, 2.24) is 0 Å². The lowest BCUT2D eigenvalue weighted by atomic mass is 9.46. The fraction of sp³-hybridized carbons (Fsp3) is 0.889. The van der Waals surface area contributed by atoms with Crippen LogP contribution in [-0.4, -0.2) is 16.5 Å². The van der Waals surface area contributed by atoms with Crippen molar-refractivity contribution in [2.24, 2.45) is 40.4 Å². The number of hydrogen-bond donors (Lipinski definition) is 1. The Bertz CT molecular complexity index is 671. The molecule has 3 saturated carbocycles. The molecule has 2 nitrogen and oxygen atoms in total. The van der Waals surface area contributed by atoms with Gasteiger partial charge in [0, 0.05) is 6.42 Å². The van der Waals surface area contributed by atoms with Gasteiger partial charge in [0.1, 0.15) is 0 Å². The molecule has 1 N–H and O–H groups in total. The highest BCUT2D eigenvalue weighted by Gasteiger charge is 2.59. The Morgan fingerprint density at radius 3 is 2.59 bits per heavy atom. The summed E-state index contributed by atoms with van der Waals surface area (Å²) in [6, 6.07) is 0. The molecule has 0 aromatic heterocycles. The van der Waals surface area contributed by atoms with Crippen molar-refractivity contribution < 1.29 is 9.90 Å². The quantitative estimate of drug-likeness (QED) is 0.556. The number of carbonyl (C=O) groups is 1. The van der Waals surface area contributed by atoms with E-state index in [1.165, 1.54) is 50.5 Å². The normalized spacial score (nSPS) is 43.2. The molecule has 4 aliphatic rings. The third-order valence-electron chi connectivity index (χ3n) is 10.2. The standard InChI is InChI=1S/C27H44O2/c1-18(7-6-14-25(2,3)29)22-10-11-23-21-9-8-19-17-20(28)12-15-26(19,4)24(21)13-16-27(22,23)5/h17-18,21-24,29H,6-16H2,1-5H3/t18?,21-,22+,23-,24-,26-,27+/m0/s1. The van der Waals surface area contributed by atoms with E-state index in [2.05, 4.69) is 20.8 Å². The summed E-state index contributed by atoms with van der Waals surface area (Å²) in [4.78, 5) is 12.0. The Morgan fingerprint density at radius 2 is 1.86 bits per heavy atom. The van der Waals surface area contributed by atoms with Gasteiger partial charge in [-0.25, -0.2) is 0 Å². The number of fused-ring (bicyclic) bond motifs is 5. The van der Waals surface area contributed by atoms with Gasteiger partial charge in [0.25, 0.3) is 0 Å². The smallest absolute Gasteiger partial charge is 0.155 e. The molecule has 0 aromatic carbocycles. The zero-order valence-electron chi connectivity index (χ0n) is 19.6. The fourth-order valence-corrected chi connectivity index (χ4v) is 8.59. The van der Waals surface area contributed by atoms with E-state index in [1.807, 2.05) is 19.9 Å². The van der Waals surface area contributed by atoms with E-state index in [4.69, 9.17) is 0 Å². The van der Waals surface area contributed by atoms with Gasteiger partial charge in [0.05, 0.1) is 5.60 Å². The lowest BCUT2D eigenvalue weighted by Crippen LogP contribution is -2.51. The molecule has 1 unspecified atom stereocenters. The van der Waals surface area contributed by atoms with Crippen LogP contribution in [0.25, 0.3) is 0 Å². The zero-order valence-corrected chi connectivity index (χ0v) is 19.6. The molecule has 29 heavy (non-hydrogen) atoms. The predicted molar refractivity (Wildman–Crippen MR) is 120 cm³/mol. The molecule has 0 saturated heterocycles. The summed E-state index contributed by atoms with van der Waals surface area (Å²) in [5.74, 6) is 4.56. The average molecular weight is 401 g/mol. The van der Waals surface area contributed by atoms with Crippen LogP contribution in [-0.2, 0) is 4.79 Å². The number of allylic oxidation sites excluding steroid dienone is 1. The first-order chi connectivity index (χ1) is 13.5. The van der Waals surface area contributed by atoms with E-state index in [0.717, 1.165) is 55.3 Å². The molecule has 0 radical (unpaired) electrons. The van der Waals surface area contributed by atoms with Crippen molar-refractivity contribution >= 4 is 5.78 Å². The molecular weight excluding hydrogens is 356 g/mol. The molecule has 0 heterocycles. The van der Waals surface area contributed by atoms with Crippen molar-refractivity contribution in [2.75, 3.05) is 0 Å². The number of aliphatic hydroxyl groups is 1. The molecule has 3 fully saturated rings. The molecule has 7 atom stereocenters. The van der Waals surface area contributed by atoms with E-state index in [1.54, 1.807) is 0 Å². The highest BCUT2D eigenvalue weighted by Crippen LogP contribution is 2.67. The monoisotopic (exact) mass is 400 g/mol. The van der Waals surface area contributed by atoms with Crippen molar-refractivity contribution in [3.05, 3.63) is 11.6 Å². The van der Waals surface area contributed by atoms with Crippen LogP contribution in [0.1, 0.15) is 105 Å². The summed E-state index contributed by atoms with van der Waals surface area (Å²) in [7, 11) is 0. The Hall–Kier alpha value is -0.630. The molecule has 0 bridgehead atoms. The molecule has 0 aliphatic heterocycles. The third-order valence-corrected chi connectivity index (χ3v) is 10.2. The molecular formula is C27H44O2. The second-order valence-electron chi connectivity index (χ2n) is 12.4. The van der Waals surface area contributed by atoms with Gasteiger partial charge in [-0.05, 0) is 112 Å². The number of carbonyl (C=O) groups excluding carboxylic acids is 1. The highest BCUT2D eigenvalue weighted by atomic mass is 16.3. The molecule has 2 heteroatoms. The maximum atomic E-state index is 12.0. The van der Waals surface area contributed by atoms with Gasteiger partial charge in [-0.1, -0.05) is 39.2 Å². The van der Waals surface area contributed by atoms with Crippen LogP contribution < -0.4 is 0 Å². The average Bonchev–Trinajstić information content (AvgIpc) is 2.98. The van der Waals surface area contributed by atoms with Crippen LogP contribution in [0.4, 0.5) is 0 Å². The highest BCUT2D eigenvalue weighted by molar-refractivity contribution is 5.91. The van der Waals surface area contributed by atoms with Crippen LogP contribution in [0.5, 0.6) is 0 Å². The first-order valence-electron chi connectivity index (χ1n) is 12.5. The minimum atomic E-state index is -0.524. The molecule has 0 spiro atoms. The summed E-state index contributed by atoms with van der Waals surface area (Å²) in [6.07, 6.45) is 15.3. The maximum Gasteiger partial charge on any atom is 0.155 e. The summed E-state index contributed by atoms with van der Waals surface area (Å²) < 4.78 is 0. The summed E-state index contributed by atoms with van der Waals surface area (Å²) in [5, 5.41) is 10.1. The Kier molecular flexibility index (Phi) is 5.59. The van der Waals surface area contributed by atoms with Crippen molar-refractivity contribution in [3.8, 4) is 0 Å². The SMILES string of the molecule is CC(CCCC(C)(C)O)[C@H]1CC[C@H]2[C@@H]3CCC4=CC(=O)CC[C@]4(C)[C@H]3CC[C@]12C. The first kappa shape index (κ1) is 21.6. The predicted octanol–water partition coefficient (Wildman–Crippen LogP) is 6.71. The minimum Gasteiger partial charge on any atom is -0.390 e. The lowest BCUT2D eigenvalue weighted by Gasteiger charge is -2.58. The largest absolute Gasteiger partial charge is 0.390 e. The third kappa shape index (κ3) is 3.77. The van der Waals surface area contributed by atoms with Gasteiger partial charge in [-0.2, -0.15) is 0 Å². The Balaban J connectivity index is 1.47. The van der Waals surface area contributed by atoms with Gasteiger partial charge >= 0.3 is 0 Å². The van der Waals surface area contributed by atoms with Crippen molar-refractivity contribution in [1.29, 1.82) is 0 Å². The topological polar surface area (TPSA) is 37.3 Å². The van der Waals surface area contributed by atoms with E-state index in [9.17, 15) is 9.90 Å². The zero-order chi connectivity index (χ0) is 21.0. The maximum absolute atomic E-state index is 12.0. The van der Waals surface area contributed by atoms with E-state index >= 15 is 0 Å². The minimum absolute atomic E-state index is 0.300. The second kappa shape index (κ2) is 7.50. The fourth-order valence-electron chi connectivity index (χ4n) is 8.59. The van der Waals surface area contributed by atoms with E-state index in [0.29, 0.717) is 16.6 Å². The van der Waals surface area contributed by atoms with Gasteiger partial charge in [0.15, 0.2) is 5.78 Å².